The van der Waals surface area contributed by atoms with Gasteiger partial charge in [-0.3, -0.25) is 9.79 Å². The quantitative estimate of drug-likeness (QED) is 0.859. The Morgan fingerprint density at radius 3 is 2.88 bits per heavy atom. The Kier molecular flexibility index (Phi) is 5.14. The Morgan fingerprint density at radius 1 is 1.38 bits per heavy atom. The average molecular weight is 344 g/mol. The molecule has 0 aliphatic carbocycles. The SMILES string of the molecule is CCN(CC)c1ccc(NC(=O)CC2=CSC3=NCCN23)c(C)c1. The van der Waals surface area contributed by atoms with Gasteiger partial charge in [-0.2, -0.15) is 0 Å². The van der Waals surface area contributed by atoms with Gasteiger partial charge < -0.3 is 15.1 Å². The lowest BCUT2D eigenvalue weighted by molar-refractivity contribution is -0.115. The number of hydrogen-bond acceptors (Lipinski definition) is 5. The Hall–Kier alpha value is -1.95. The molecule has 0 aromatic heterocycles. The van der Waals surface area contributed by atoms with Crippen LogP contribution in [0.4, 0.5) is 11.4 Å². The number of amides is 1. The van der Waals surface area contributed by atoms with Crippen molar-refractivity contribution in [3.05, 3.63) is 34.9 Å². The largest absolute Gasteiger partial charge is 0.372 e. The summed E-state index contributed by atoms with van der Waals surface area (Å²) in [6.07, 6.45) is 0.392. The molecule has 0 bridgehead atoms. The van der Waals surface area contributed by atoms with E-state index in [4.69, 9.17) is 0 Å². The summed E-state index contributed by atoms with van der Waals surface area (Å²) in [7, 11) is 0. The molecule has 0 radical (unpaired) electrons. The Bertz CT molecular complexity index is 694. The van der Waals surface area contributed by atoms with Crippen molar-refractivity contribution in [1.29, 1.82) is 0 Å². The number of amidine groups is 1. The van der Waals surface area contributed by atoms with Gasteiger partial charge >= 0.3 is 0 Å². The smallest absolute Gasteiger partial charge is 0.230 e. The van der Waals surface area contributed by atoms with Crippen molar-refractivity contribution in [2.45, 2.75) is 27.2 Å². The summed E-state index contributed by atoms with van der Waals surface area (Å²) in [6.45, 7) is 10.0. The van der Waals surface area contributed by atoms with Crippen LogP contribution in [0.1, 0.15) is 25.8 Å². The first-order valence-corrected chi connectivity index (χ1v) is 9.33. The summed E-state index contributed by atoms with van der Waals surface area (Å²) >= 11 is 1.61. The van der Waals surface area contributed by atoms with Crippen molar-refractivity contribution in [3.8, 4) is 0 Å². The second-order valence-electron chi connectivity index (χ2n) is 5.94. The second kappa shape index (κ2) is 7.30. The number of aliphatic imine (C=N–C) groups is 1. The van der Waals surface area contributed by atoms with Crippen molar-refractivity contribution in [1.82, 2.24) is 4.90 Å². The minimum atomic E-state index is 0.0219. The molecule has 0 saturated heterocycles. The molecule has 0 saturated carbocycles. The third-order valence-corrected chi connectivity index (χ3v) is 5.35. The van der Waals surface area contributed by atoms with Crippen molar-refractivity contribution < 1.29 is 4.79 Å². The van der Waals surface area contributed by atoms with E-state index in [0.717, 1.165) is 48.3 Å². The third-order valence-electron chi connectivity index (χ3n) is 4.40. The minimum Gasteiger partial charge on any atom is -0.372 e. The predicted octanol–water partition coefficient (Wildman–Crippen LogP) is 3.43. The molecule has 1 amide bonds. The van der Waals surface area contributed by atoms with E-state index in [1.807, 2.05) is 18.4 Å². The van der Waals surface area contributed by atoms with E-state index in [1.165, 1.54) is 5.69 Å². The zero-order valence-electron chi connectivity index (χ0n) is 14.5. The number of hydrogen-bond donors (Lipinski definition) is 1. The number of carbonyl (C=O) groups excluding carboxylic acids is 1. The number of nitrogens with one attached hydrogen (secondary N) is 1. The first kappa shape index (κ1) is 16.9. The van der Waals surface area contributed by atoms with E-state index >= 15 is 0 Å². The fourth-order valence-corrected chi connectivity index (χ4v) is 4.00. The number of nitrogens with zero attached hydrogens (tertiary/aromatic N) is 3. The first-order chi connectivity index (χ1) is 11.6. The molecule has 24 heavy (non-hydrogen) atoms. The molecular formula is C18H24N4OS. The Labute approximate surface area is 147 Å². The summed E-state index contributed by atoms with van der Waals surface area (Å²) in [5, 5.41) is 6.11. The summed E-state index contributed by atoms with van der Waals surface area (Å²) in [5.74, 6) is 0.0219. The molecule has 1 N–H and O–H groups in total. The van der Waals surface area contributed by atoms with Crippen molar-refractivity contribution >= 4 is 34.2 Å². The second-order valence-corrected chi connectivity index (χ2v) is 6.78. The van der Waals surface area contributed by atoms with Crippen LogP contribution in [-0.2, 0) is 4.79 Å². The van der Waals surface area contributed by atoms with Gasteiger partial charge in [-0.25, -0.2) is 0 Å². The fourth-order valence-electron chi connectivity index (χ4n) is 3.05. The van der Waals surface area contributed by atoms with E-state index in [9.17, 15) is 4.79 Å². The maximum absolute atomic E-state index is 12.4. The molecule has 1 aromatic carbocycles. The molecule has 0 atom stereocenters. The standard InChI is InChI=1S/C18H24N4OS/c1-4-21(5-2)14-6-7-16(13(3)10-14)20-17(23)11-15-12-24-18-19-8-9-22(15)18/h6-7,10,12H,4-5,8-9,11H2,1-3H3,(H,20,23). The molecule has 5 nitrogen and oxygen atoms in total. The van der Waals surface area contributed by atoms with Crippen molar-refractivity contribution in [2.24, 2.45) is 4.99 Å². The Morgan fingerprint density at radius 2 is 2.17 bits per heavy atom. The van der Waals surface area contributed by atoms with Gasteiger partial charge in [-0.05, 0) is 49.9 Å². The van der Waals surface area contributed by atoms with Crippen LogP contribution in [0.5, 0.6) is 0 Å². The predicted molar refractivity (Wildman–Crippen MR) is 103 cm³/mol. The maximum Gasteiger partial charge on any atom is 0.230 e. The Balaban J connectivity index is 1.63. The summed E-state index contributed by atoms with van der Waals surface area (Å²) in [4.78, 5) is 21.3. The van der Waals surface area contributed by atoms with Crippen LogP contribution in [-0.4, -0.2) is 42.2 Å². The topological polar surface area (TPSA) is 47.9 Å². The zero-order chi connectivity index (χ0) is 17.1. The van der Waals surface area contributed by atoms with Gasteiger partial charge in [0.05, 0.1) is 13.0 Å². The number of fused-ring (bicyclic) bond motifs is 1. The maximum atomic E-state index is 12.4. The van der Waals surface area contributed by atoms with E-state index in [2.05, 4.69) is 46.1 Å². The molecule has 128 valence electrons. The monoisotopic (exact) mass is 344 g/mol. The van der Waals surface area contributed by atoms with E-state index < -0.39 is 0 Å². The molecule has 0 unspecified atom stereocenters. The van der Waals surface area contributed by atoms with Crippen LogP contribution >= 0.6 is 11.8 Å². The van der Waals surface area contributed by atoms with Gasteiger partial charge in [0.2, 0.25) is 5.91 Å². The highest BCUT2D eigenvalue weighted by Gasteiger charge is 2.27. The third kappa shape index (κ3) is 3.43. The fraction of sp³-hybridized carbons (Fsp3) is 0.444. The molecule has 1 aromatic rings. The van der Waals surface area contributed by atoms with Crippen LogP contribution in [0.15, 0.2) is 34.3 Å². The van der Waals surface area contributed by atoms with Crippen molar-refractivity contribution in [2.75, 3.05) is 36.4 Å². The zero-order valence-corrected chi connectivity index (χ0v) is 15.3. The minimum absolute atomic E-state index is 0.0219. The van der Waals surface area contributed by atoms with Gasteiger partial charge in [0.1, 0.15) is 0 Å². The number of rotatable bonds is 6. The average Bonchev–Trinajstić information content (AvgIpc) is 3.16. The van der Waals surface area contributed by atoms with Crippen molar-refractivity contribution in [3.63, 3.8) is 0 Å². The number of thioether (sulfide) groups is 1. The molecule has 6 heteroatoms. The van der Waals surface area contributed by atoms with Crippen LogP contribution in [0.25, 0.3) is 0 Å². The number of aryl methyl sites for hydroxylation is 1. The van der Waals surface area contributed by atoms with Gasteiger partial charge in [-0.1, -0.05) is 11.8 Å². The van der Waals surface area contributed by atoms with Crippen LogP contribution < -0.4 is 10.2 Å². The summed E-state index contributed by atoms with van der Waals surface area (Å²) < 4.78 is 0. The highest BCUT2D eigenvalue weighted by Crippen LogP contribution is 2.31. The van der Waals surface area contributed by atoms with Gasteiger partial charge in [0.15, 0.2) is 5.17 Å². The molecule has 0 fully saturated rings. The molecular weight excluding hydrogens is 320 g/mol. The van der Waals surface area contributed by atoms with Gasteiger partial charge in [0.25, 0.3) is 0 Å². The molecule has 3 rings (SSSR count). The first-order valence-electron chi connectivity index (χ1n) is 8.45. The molecule has 2 aliphatic rings. The number of benzene rings is 1. The van der Waals surface area contributed by atoms with Gasteiger partial charge in [0, 0.05) is 36.7 Å². The highest BCUT2D eigenvalue weighted by molar-refractivity contribution is 8.16. The summed E-state index contributed by atoms with van der Waals surface area (Å²) in [5.41, 5.74) is 4.22. The molecule has 2 heterocycles. The van der Waals surface area contributed by atoms with Crippen LogP contribution in [0.3, 0.4) is 0 Å². The normalized spacial score (nSPS) is 15.9. The van der Waals surface area contributed by atoms with Gasteiger partial charge in [-0.15, -0.1) is 0 Å². The number of carbonyl (C=O) groups is 1. The summed E-state index contributed by atoms with van der Waals surface area (Å²) in [6, 6.07) is 6.21. The lowest BCUT2D eigenvalue weighted by Crippen LogP contribution is -2.24. The highest BCUT2D eigenvalue weighted by atomic mass is 32.2. The van der Waals surface area contributed by atoms with E-state index in [-0.39, 0.29) is 5.91 Å². The molecule has 0 spiro atoms. The van der Waals surface area contributed by atoms with Crippen LogP contribution in [0, 0.1) is 6.92 Å². The lowest BCUT2D eigenvalue weighted by atomic mass is 10.1. The van der Waals surface area contributed by atoms with Crippen LogP contribution in [0.2, 0.25) is 0 Å². The van der Waals surface area contributed by atoms with E-state index in [0.29, 0.717) is 6.42 Å². The van der Waals surface area contributed by atoms with E-state index in [1.54, 1.807) is 11.8 Å². The lowest BCUT2D eigenvalue weighted by Gasteiger charge is -2.22. The molecule has 2 aliphatic heterocycles. The number of anilines is 2.